The molecule has 34 heavy (non-hydrogen) atoms. The van der Waals surface area contributed by atoms with Crippen molar-refractivity contribution >= 4 is 22.7 Å². The summed E-state index contributed by atoms with van der Waals surface area (Å²) < 4.78 is 25.5. The van der Waals surface area contributed by atoms with Crippen molar-refractivity contribution < 1.29 is 28.2 Å². The van der Waals surface area contributed by atoms with E-state index in [9.17, 15) is 19.1 Å². The van der Waals surface area contributed by atoms with Crippen molar-refractivity contribution in [3.8, 4) is 28.2 Å². The molecule has 0 spiro atoms. The molecular weight excluding hydrogens is 435 g/mol. The van der Waals surface area contributed by atoms with Crippen LogP contribution in [0.5, 0.6) is 5.75 Å². The molecule has 4 rings (SSSR count). The highest BCUT2D eigenvalue weighted by atomic mass is 19.1. The van der Waals surface area contributed by atoms with Gasteiger partial charge in [0.25, 0.3) is 0 Å². The fourth-order valence-corrected chi connectivity index (χ4v) is 4.13. The van der Waals surface area contributed by atoms with Crippen LogP contribution in [0.2, 0.25) is 0 Å². The van der Waals surface area contributed by atoms with Crippen molar-refractivity contribution in [3.05, 3.63) is 77.1 Å². The summed E-state index contributed by atoms with van der Waals surface area (Å²) in [6.45, 7) is 5.93. The number of ketones is 1. The summed E-state index contributed by atoms with van der Waals surface area (Å²) in [5, 5.41) is 10.3. The van der Waals surface area contributed by atoms with Crippen LogP contribution in [0.25, 0.3) is 33.4 Å². The van der Waals surface area contributed by atoms with Crippen LogP contribution >= 0.6 is 0 Å². The third kappa shape index (κ3) is 4.19. The van der Waals surface area contributed by atoms with Gasteiger partial charge in [0.15, 0.2) is 5.78 Å². The molecule has 0 aliphatic rings. The number of hydrogen-bond donors (Lipinski definition) is 1. The highest BCUT2D eigenvalue weighted by molar-refractivity contribution is 6.13. The summed E-state index contributed by atoms with van der Waals surface area (Å²) in [7, 11) is 0. The second-order valence-electron chi connectivity index (χ2n) is 7.90. The van der Waals surface area contributed by atoms with Gasteiger partial charge in [0.05, 0.1) is 17.7 Å². The Morgan fingerprint density at radius 3 is 2.29 bits per heavy atom. The van der Waals surface area contributed by atoms with Gasteiger partial charge in [0, 0.05) is 29.0 Å². The van der Waals surface area contributed by atoms with Crippen LogP contribution in [-0.2, 0) is 6.42 Å². The third-order valence-corrected chi connectivity index (χ3v) is 5.83. The molecule has 0 saturated heterocycles. The summed E-state index contributed by atoms with van der Waals surface area (Å²) >= 11 is 0. The Morgan fingerprint density at radius 1 is 0.971 bits per heavy atom. The molecule has 3 aromatic carbocycles. The average molecular weight is 461 g/mol. The monoisotopic (exact) mass is 460 g/mol. The first-order chi connectivity index (χ1) is 16.4. The fourth-order valence-electron chi connectivity index (χ4n) is 4.13. The number of carbonyl (C=O) groups excluding carboxylic acids is 1. The number of rotatable bonds is 8. The molecular formula is C28H25FO5. The summed E-state index contributed by atoms with van der Waals surface area (Å²) in [5.74, 6) is -0.601. The van der Waals surface area contributed by atoms with E-state index in [1.165, 1.54) is 12.1 Å². The first-order valence-corrected chi connectivity index (χ1v) is 11.3. The van der Waals surface area contributed by atoms with Gasteiger partial charge < -0.3 is 14.3 Å². The molecule has 0 amide bonds. The minimum Gasteiger partial charge on any atom is -0.493 e. The van der Waals surface area contributed by atoms with Gasteiger partial charge in [-0.05, 0) is 60.9 Å². The predicted molar refractivity (Wildman–Crippen MR) is 129 cm³/mol. The number of Topliss-reactive ketones (excluding diaryl/α,β-unsaturated/α-hetero) is 1. The maximum Gasteiger partial charge on any atom is 0.335 e. The van der Waals surface area contributed by atoms with Gasteiger partial charge in [-0.1, -0.05) is 26.0 Å². The Labute approximate surface area is 196 Å². The number of fused-ring (bicyclic) bond motifs is 1. The number of hydrogen-bond acceptors (Lipinski definition) is 4. The molecule has 174 valence electrons. The summed E-state index contributed by atoms with van der Waals surface area (Å²) in [5.41, 5.74) is 3.76. The lowest BCUT2D eigenvalue weighted by Crippen LogP contribution is -2.03. The van der Waals surface area contributed by atoms with Crippen molar-refractivity contribution in [2.45, 2.75) is 33.6 Å². The van der Waals surface area contributed by atoms with Crippen LogP contribution < -0.4 is 4.74 Å². The molecule has 6 heteroatoms. The lowest BCUT2D eigenvalue weighted by Gasteiger charge is -2.13. The smallest absolute Gasteiger partial charge is 0.335 e. The van der Waals surface area contributed by atoms with Gasteiger partial charge in [0.1, 0.15) is 22.9 Å². The zero-order chi connectivity index (χ0) is 24.4. The zero-order valence-electron chi connectivity index (χ0n) is 19.3. The largest absolute Gasteiger partial charge is 0.493 e. The van der Waals surface area contributed by atoms with Crippen LogP contribution in [0.1, 0.15) is 53.5 Å². The molecule has 4 aromatic rings. The highest BCUT2D eigenvalue weighted by Crippen LogP contribution is 2.41. The number of furan rings is 1. The number of halogens is 1. The maximum atomic E-state index is 13.5. The predicted octanol–water partition coefficient (Wildman–Crippen LogP) is 7.16. The molecule has 0 aliphatic heterocycles. The van der Waals surface area contributed by atoms with Crippen molar-refractivity contribution in [2.75, 3.05) is 6.61 Å². The summed E-state index contributed by atoms with van der Waals surface area (Å²) in [6.07, 6.45) is 0.858. The number of carboxylic acids is 1. The van der Waals surface area contributed by atoms with Gasteiger partial charge in [-0.2, -0.15) is 0 Å². The van der Waals surface area contributed by atoms with E-state index in [1.807, 2.05) is 26.0 Å². The van der Waals surface area contributed by atoms with E-state index in [-0.39, 0.29) is 23.6 Å². The third-order valence-electron chi connectivity index (χ3n) is 5.83. The van der Waals surface area contributed by atoms with Crippen LogP contribution in [0.3, 0.4) is 0 Å². The van der Waals surface area contributed by atoms with Gasteiger partial charge in [-0.15, -0.1) is 0 Å². The summed E-state index contributed by atoms with van der Waals surface area (Å²) in [6, 6.07) is 14.6. The Morgan fingerprint density at radius 2 is 1.68 bits per heavy atom. The van der Waals surface area contributed by atoms with E-state index in [2.05, 4.69) is 0 Å². The standard InChI is InChI=1S/C28H25FO5/c1-4-16-7-8-18(13-21(16)28(31)32)20-14-22-25(15-24(20)33-6-3)34-27(26(22)23(30)5-2)17-9-11-19(29)12-10-17/h7-15H,4-6H2,1-3H3,(H,31,32). The van der Waals surface area contributed by atoms with Crippen LogP contribution in [0, 0.1) is 5.82 Å². The zero-order valence-corrected chi connectivity index (χ0v) is 19.3. The molecule has 1 N–H and O–H groups in total. The quantitative estimate of drug-likeness (QED) is 0.282. The number of carbonyl (C=O) groups is 2. The van der Waals surface area contributed by atoms with Crippen LogP contribution in [-0.4, -0.2) is 23.5 Å². The second-order valence-corrected chi connectivity index (χ2v) is 7.90. The second kappa shape index (κ2) is 9.51. The molecule has 0 saturated carbocycles. The molecule has 0 atom stereocenters. The lowest BCUT2D eigenvalue weighted by atomic mass is 9.94. The van der Waals surface area contributed by atoms with E-state index in [0.717, 1.165) is 5.56 Å². The van der Waals surface area contributed by atoms with Crippen molar-refractivity contribution in [1.82, 2.24) is 0 Å². The first kappa shape index (κ1) is 23.2. The molecule has 1 heterocycles. The average Bonchev–Trinajstić information content (AvgIpc) is 3.21. The number of benzene rings is 3. The Hall–Kier alpha value is -3.93. The van der Waals surface area contributed by atoms with E-state index in [4.69, 9.17) is 9.15 Å². The topological polar surface area (TPSA) is 76.7 Å². The Bertz CT molecular complexity index is 1380. The fraction of sp³-hybridized carbons (Fsp3) is 0.214. The van der Waals surface area contributed by atoms with Crippen molar-refractivity contribution in [2.24, 2.45) is 0 Å². The number of carboxylic acid groups (broad SMARTS) is 1. The molecule has 0 bridgehead atoms. The summed E-state index contributed by atoms with van der Waals surface area (Å²) in [4.78, 5) is 24.8. The minimum absolute atomic E-state index is 0.110. The molecule has 0 fully saturated rings. The first-order valence-electron chi connectivity index (χ1n) is 11.3. The van der Waals surface area contributed by atoms with Crippen molar-refractivity contribution in [1.29, 1.82) is 0 Å². The van der Waals surface area contributed by atoms with E-state index >= 15 is 0 Å². The van der Waals surface area contributed by atoms with Gasteiger partial charge >= 0.3 is 5.97 Å². The number of aryl methyl sites for hydroxylation is 1. The molecule has 1 aromatic heterocycles. The Balaban J connectivity index is 2.01. The minimum atomic E-state index is -0.999. The lowest BCUT2D eigenvalue weighted by molar-refractivity contribution is 0.0695. The molecule has 0 aliphatic carbocycles. The highest BCUT2D eigenvalue weighted by Gasteiger charge is 2.24. The van der Waals surface area contributed by atoms with E-state index < -0.39 is 5.97 Å². The van der Waals surface area contributed by atoms with Gasteiger partial charge in [-0.25, -0.2) is 9.18 Å². The molecule has 0 radical (unpaired) electrons. The molecule has 5 nitrogen and oxygen atoms in total. The van der Waals surface area contributed by atoms with E-state index in [0.29, 0.717) is 57.8 Å². The number of aromatic carboxylic acids is 1. The van der Waals surface area contributed by atoms with Gasteiger partial charge in [-0.3, -0.25) is 4.79 Å². The number of ether oxygens (including phenoxy) is 1. The van der Waals surface area contributed by atoms with Crippen molar-refractivity contribution in [3.63, 3.8) is 0 Å². The van der Waals surface area contributed by atoms with E-state index in [1.54, 1.807) is 37.3 Å². The maximum absolute atomic E-state index is 13.5. The normalized spacial score (nSPS) is 11.1. The van der Waals surface area contributed by atoms with Crippen LogP contribution in [0.4, 0.5) is 4.39 Å². The van der Waals surface area contributed by atoms with Gasteiger partial charge in [0.2, 0.25) is 0 Å². The van der Waals surface area contributed by atoms with Crippen LogP contribution in [0.15, 0.2) is 59.0 Å². The Kier molecular flexibility index (Phi) is 6.50. The molecule has 0 unspecified atom stereocenters. The SMILES string of the molecule is CCOc1cc2oc(-c3ccc(F)cc3)c(C(=O)CC)c2cc1-c1ccc(CC)c(C(=O)O)c1.